The maximum absolute atomic E-state index is 13.9. The summed E-state index contributed by atoms with van der Waals surface area (Å²) >= 11 is 5.87. The number of aromatic nitrogens is 1. The number of benzene rings is 2. The number of ether oxygens (including phenoxy) is 1. The molecule has 248 valence electrons. The Bertz CT molecular complexity index is 1480. The number of rotatable bonds is 14. The first-order valence-corrected chi connectivity index (χ1v) is 16.8. The maximum Gasteiger partial charge on any atom is 0.408 e. The third kappa shape index (κ3) is 9.20. The van der Waals surface area contributed by atoms with Crippen LogP contribution in [0.2, 0.25) is 0 Å². The molecule has 1 aromatic heterocycles. The van der Waals surface area contributed by atoms with Crippen molar-refractivity contribution in [1.29, 1.82) is 0 Å². The Morgan fingerprint density at radius 2 is 1.74 bits per heavy atom. The van der Waals surface area contributed by atoms with Gasteiger partial charge < -0.3 is 31.1 Å². The second kappa shape index (κ2) is 15.7. The van der Waals surface area contributed by atoms with Crippen LogP contribution in [0.3, 0.4) is 0 Å². The van der Waals surface area contributed by atoms with Crippen LogP contribution in [0.5, 0.6) is 0 Å². The summed E-state index contributed by atoms with van der Waals surface area (Å²) in [6, 6.07) is 13.6. The zero-order valence-electron chi connectivity index (χ0n) is 26.5. The molecule has 0 bridgehead atoms. The fourth-order valence-corrected chi connectivity index (χ4v) is 6.69. The average Bonchev–Trinajstić information content (AvgIpc) is 3.64. The fourth-order valence-electron chi connectivity index (χ4n) is 5.32. The molecule has 1 aliphatic rings. The molecule has 5 N–H and O–H groups in total. The molecule has 4 rings (SSSR count). The third-order valence-corrected chi connectivity index (χ3v) is 9.71. The SMILES string of the molecule is CC(C)C[C@H](NC(=O)[C@@H](NC(=O)OCc1ccccc1)C(C)C)C(=O)N[C@@H](C[C@@H]1CCNC1=O)[C@@](O)(S)c1nc2ccccc2s1. The van der Waals surface area contributed by atoms with Crippen molar-refractivity contribution in [3.63, 3.8) is 0 Å². The number of para-hydroxylation sites is 1. The van der Waals surface area contributed by atoms with Gasteiger partial charge in [-0.15, -0.1) is 24.0 Å². The van der Waals surface area contributed by atoms with Gasteiger partial charge in [-0.25, -0.2) is 9.78 Å². The van der Waals surface area contributed by atoms with Crippen LogP contribution in [0.4, 0.5) is 4.79 Å². The number of nitrogens with zero attached hydrogens (tertiary/aromatic N) is 1. The summed E-state index contributed by atoms with van der Waals surface area (Å²) in [6.07, 6.45) is 0.180. The van der Waals surface area contributed by atoms with Crippen LogP contribution < -0.4 is 21.3 Å². The number of carbonyl (C=O) groups excluding carboxylic acids is 4. The van der Waals surface area contributed by atoms with Gasteiger partial charge in [0.15, 0.2) is 4.93 Å². The van der Waals surface area contributed by atoms with Gasteiger partial charge in [-0.2, -0.15) is 0 Å². The number of alkyl carbamates (subject to hydrolysis) is 1. The highest BCUT2D eigenvalue weighted by atomic mass is 32.1. The maximum atomic E-state index is 13.9. The van der Waals surface area contributed by atoms with E-state index < -0.39 is 46.9 Å². The molecule has 0 unspecified atom stereocenters. The van der Waals surface area contributed by atoms with E-state index in [4.69, 9.17) is 4.74 Å². The highest BCUT2D eigenvalue weighted by molar-refractivity contribution is 7.81. The van der Waals surface area contributed by atoms with E-state index in [2.05, 4.69) is 38.9 Å². The topological polar surface area (TPSA) is 159 Å². The predicted octanol–water partition coefficient (Wildman–Crippen LogP) is 3.86. The first-order valence-electron chi connectivity index (χ1n) is 15.5. The molecule has 1 aliphatic heterocycles. The van der Waals surface area contributed by atoms with E-state index in [1.54, 1.807) is 13.8 Å². The number of hydrogen-bond donors (Lipinski definition) is 6. The minimum absolute atomic E-state index is 0.00977. The van der Waals surface area contributed by atoms with Gasteiger partial charge in [-0.3, -0.25) is 14.4 Å². The average molecular weight is 670 g/mol. The molecular formula is C33H43N5O6S2. The van der Waals surface area contributed by atoms with Gasteiger partial charge in [0.25, 0.3) is 0 Å². The van der Waals surface area contributed by atoms with Gasteiger partial charge in [0, 0.05) is 12.5 Å². The lowest BCUT2D eigenvalue weighted by Crippen LogP contribution is -2.58. The van der Waals surface area contributed by atoms with Gasteiger partial charge in [0.2, 0.25) is 17.7 Å². The Hall–Kier alpha value is -3.68. The Balaban J connectivity index is 1.51. The lowest BCUT2D eigenvalue weighted by Gasteiger charge is -2.34. The summed E-state index contributed by atoms with van der Waals surface area (Å²) in [5.74, 6) is -2.02. The Kier molecular flexibility index (Phi) is 12.0. The second-order valence-electron chi connectivity index (χ2n) is 12.4. The summed E-state index contributed by atoms with van der Waals surface area (Å²) in [5, 5.41) is 23.2. The van der Waals surface area contributed by atoms with Crippen molar-refractivity contribution in [2.24, 2.45) is 17.8 Å². The minimum atomic E-state index is -1.92. The van der Waals surface area contributed by atoms with E-state index in [-0.39, 0.29) is 42.2 Å². The van der Waals surface area contributed by atoms with Crippen molar-refractivity contribution in [1.82, 2.24) is 26.3 Å². The molecule has 46 heavy (non-hydrogen) atoms. The van der Waals surface area contributed by atoms with E-state index >= 15 is 0 Å². The summed E-state index contributed by atoms with van der Waals surface area (Å²) in [7, 11) is 0. The molecule has 2 aromatic carbocycles. The molecule has 1 fully saturated rings. The van der Waals surface area contributed by atoms with Crippen molar-refractivity contribution >= 4 is 58.0 Å². The Labute approximate surface area is 278 Å². The number of aliphatic hydroxyl groups is 1. The van der Waals surface area contributed by atoms with Crippen LogP contribution in [0.1, 0.15) is 57.5 Å². The van der Waals surface area contributed by atoms with Crippen LogP contribution in [0.15, 0.2) is 54.6 Å². The van der Waals surface area contributed by atoms with E-state index in [9.17, 15) is 24.3 Å². The van der Waals surface area contributed by atoms with Crippen molar-refractivity contribution in [2.45, 2.75) is 76.6 Å². The smallest absolute Gasteiger partial charge is 0.408 e. The molecule has 5 atom stereocenters. The highest BCUT2D eigenvalue weighted by Gasteiger charge is 2.43. The largest absolute Gasteiger partial charge is 0.445 e. The molecule has 0 saturated carbocycles. The number of nitrogens with one attached hydrogen (secondary N) is 4. The Morgan fingerprint density at radius 3 is 2.37 bits per heavy atom. The molecule has 1 saturated heterocycles. The van der Waals surface area contributed by atoms with Crippen molar-refractivity contribution in [3.8, 4) is 0 Å². The minimum Gasteiger partial charge on any atom is -0.445 e. The normalized spacial score (nSPS) is 18.0. The van der Waals surface area contributed by atoms with Gasteiger partial charge in [-0.05, 0) is 48.8 Å². The number of thiol groups is 1. The number of hydrogen-bond acceptors (Lipinski definition) is 9. The molecule has 13 heteroatoms. The van der Waals surface area contributed by atoms with Gasteiger partial charge in [-0.1, -0.05) is 70.2 Å². The monoisotopic (exact) mass is 669 g/mol. The van der Waals surface area contributed by atoms with Crippen molar-refractivity contribution < 1.29 is 29.0 Å². The number of amides is 4. The van der Waals surface area contributed by atoms with Gasteiger partial charge >= 0.3 is 6.09 Å². The lowest BCUT2D eigenvalue weighted by molar-refractivity contribution is -0.132. The lowest BCUT2D eigenvalue weighted by atomic mass is 9.93. The molecule has 11 nitrogen and oxygen atoms in total. The van der Waals surface area contributed by atoms with E-state index in [0.717, 1.165) is 10.3 Å². The van der Waals surface area contributed by atoms with E-state index in [1.807, 2.05) is 68.4 Å². The third-order valence-electron chi connectivity index (χ3n) is 7.87. The number of thiazole rings is 1. The predicted molar refractivity (Wildman–Crippen MR) is 180 cm³/mol. The zero-order chi connectivity index (χ0) is 33.4. The quantitative estimate of drug-likeness (QED) is 0.112. The van der Waals surface area contributed by atoms with E-state index in [1.165, 1.54) is 11.3 Å². The van der Waals surface area contributed by atoms with E-state index in [0.29, 0.717) is 18.5 Å². The van der Waals surface area contributed by atoms with Crippen LogP contribution in [-0.4, -0.2) is 58.6 Å². The first kappa shape index (κ1) is 35.2. The molecule has 0 aliphatic carbocycles. The molecule has 0 radical (unpaired) electrons. The zero-order valence-corrected chi connectivity index (χ0v) is 28.2. The number of fused-ring (bicyclic) bond motifs is 1. The fraction of sp³-hybridized carbons (Fsp3) is 0.485. The molecule has 4 amide bonds. The van der Waals surface area contributed by atoms with Crippen LogP contribution in [0, 0.1) is 17.8 Å². The number of carbonyl (C=O) groups is 4. The summed E-state index contributed by atoms with van der Waals surface area (Å²) in [5.41, 5.74) is 1.48. The van der Waals surface area contributed by atoms with Crippen molar-refractivity contribution in [3.05, 3.63) is 65.2 Å². The first-order chi connectivity index (χ1) is 21.8. The molecule has 0 spiro atoms. The van der Waals surface area contributed by atoms with Crippen molar-refractivity contribution in [2.75, 3.05) is 6.54 Å². The highest BCUT2D eigenvalue weighted by Crippen LogP contribution is 2.38. The molecule has 3 aromatic rings. The summed E-state index contributed by atoms with van der Waals surface area (Å²) < 4.78 is 6.16. The summed E-state index contributed by atoms with van der Waals surface area (Å²) in [4.78, 5) is 55.2. The molecular weight excluding hydrogens is 627 g/mol. The van der Waals surface area contributed by atoms with Gasteiger partial charge in [0.1, 0.15) is 23.7 Å². The van der Waals surface area contributed by atoms with Crippen LogP contribution in [0.25, 0.3) is 10.2 Å². The summed E-state index contributed by atoms with van der Waals surface area (Å²) in [6.45, 7) is 7.94. The standard InChI is InChI=1S/C33H43N5O6S2/c1-19(2)16-24(35-30(41)27(20(3)4)38-32(42)44-18-21-10-6-5-7-11-21)29(40)37-26(17-22-14-15-34-28(22)39)33(43,45)31-36-23-12-8-9-13-25(23)46-31/h5-13,19-20,22,24,26-27,43,45H,14-18H2,1-4H3,(H,34,39)(H,35,41)(H,37,40)(H,38,42)/t22-,24-,26-,27-,33+/m0/s1. The molecule has 2 heterocycles. The van der Waals surface area contributed by atoms with Crippen LogP contribution in [-0.2, 0) is 30.7 Å². The second-order valence-corrected chi connectivity index (χ2v) is 14.1. The van der Waals surface area contributed by atoms with Crippen LogP contribution >= 0.6 is 24.0 Å². The Morgan fingerprint density at radius 1 is 1.04 bits per heavy atom. The van der Waals surface area contributed by atoms with Gasteiger partial charge in [0.05, 0.1) is 16.3 Å².